The third kappa shape index (κ3) is 4.74. The molecule has 0 radical (unpaired) electrons. The van der Waals surface area contributed by atoms with Crippen LogP contribution in [-0.2, 0) is 0 Å². The van der Waals surface area contributed by atoms with Crippen LogP contribution < -0.4 is 13.6 Å². The van der Waals surface area contributed by atoms with Crippen molar-refractivity contribution in [2.45, 2.75) is 62.3 Å². The van der Waals surface area contributed by atoms with Crippen LogP contribution in [0.5, 0.6) is 34.5 Å². The van der Waals surface area contributed by atoms with Crippen molar-refractivity contribution in [1.82, 2.24) is 0 Å². The van der Waals surface area contributed by atoms with Crippen LogP contribution in [-0.4, -0.2) is 15.3 Å². The summed E-state index contributed by atoms with van der Waals surface area (Å²) >= 11 is 0. The van der Waals surface area contributed by atoms with E-state index in [0.717, 1.165) is 50.1 Å². The molecule has 182 valence electrons. The number of phenols is 3. The van der Waals surface area contributed by atoms with Gasteiger partial charge in [0, 0.05) is 0 Å². The molecule has 0 fully saturated rings. The van der Waals surface area contributed by atoms with E-state index in [0.29, 0.717) is 0 Å². The van der Waals surface area contributed by atoms with Crippen molar-refractivity contribution < 1.29 is 28.9 Å². The molecule has 0 unspecified atom stereocenters. The normalized spacial score (nSPS) is 11.1. The van der Waals surface area contributed by atoms with E-state index in [-0.39, 0.29) is 34.5 Å². The Labute approximate surface area is 202 Å². The Kier molecular flexibility index (Phi) is 7.23. The third-order valence-corrected chi connectivity index (χ3v) is 7.73. The Morgan fingerprint density at radius 2 is 0.676 bits per heavy atom. The summed E-state index contributed by atoms with van der Waals surface area (Å²) in [5, 5.41) is 31.9. The average molecular weight is 485 g/mol. The summed E-state index contributed by atoms with van der Waals surface area (Å²) < 4.78 is 18.4. The molecule has 7 heteroatoms. The molecule has 3 N–H and O–H groups in total. The molecule has 0 heterocycles. The van der Waals surface area contributed by atoms with Gasteiger partial charge in [-0.25, -0.2) is 0 Å². The fourth-order valence-corrected chi connectivity index (χ4v) is 4.99. The Morgan fingerprint density at radius 1 is 0.441 bits per heavy atom. The van der Waals surface area contributed by atoms with Crippen molar-refractivity contribution >= 4 is 8.60 Å². The van der Waals surface area contributed by atoms with Gasteiger partial charge in [-0.05, 0) is 131 Å². The second-order valence-electron chi connectivity index (χ2n) is 8.87. The third-order valence-electron chi connectivity index (χ3n) is 6.74. The SMILES string of the molecule is Cc1cc(O)c(OP(Oc2c(O)cc(C)c(C)c2C)Oc2c(O)cc(C)c(C)c2C)c(C)c1C. The van der Waals surface area contributed by atoms with E-state index in [9.17, 15) is 15.3 Å². The summed E-state index contributed by atoms with van der Waals surface area (Å²) in [6, 6.07) is 4.88. The predicted octanol–water partition coefficient (Wildman–Crippen LogP) is 7.34. The van der Waals surface area contributed by atoms with Crippen LogP contribution in [0.15, 0.2) is 18.2 Å². The van der Waals surface area contributed by atoms with Gasteiger partial charge in [0.15, 0.2) is 34.5 Å². The zero-order chi connectivity index (χ0) is 25.5. The van der Waals surface area contributed by atoms with Gasteiger partial charge in [-0.1, -0.05) is 0 Å². The molecule has 3 rings (SSSR count). The van der Waals surface area contributed by atoms with E-state index >= 15 is 0 Å². The van der Waals surface area contributed by atoms with Gasteiger partial charge in [0.2, 0.25) is 0 Å². The van der Waals surface area contributed by atoms with E-state index in [4.69, 9.17) is 13.6 Å². The van der Waals surface area contributed by atoms with Crippen molar-refractivity contribution in [3.8, 4) is 34.5 Å². The number of rotatable bonds is 6. The Hall–Kier alpha value is -3.11. The lowest BCUT2D eigenvalue weighted by atomic mass is 10.0. The summed E-state index contributed by atoms with van der Waals surface area (Å²) in [4.78, 5) is 0. The Morgan fingerprint density at radius 3 is 0.912 bits per heavy atom. The fourth-order valence-electron chi connectivity index (χ4n) is 3.74. The van der Waals surface area contributed by atoms with Crippen molar-refractivity contribution in [2.75, 3.05) is 0 Å². The maximum Gasteiger partial charge on any atom is 0.530 e. The van der Waals surface area contributed by atoms with Crippen LogP contribution >= 0.6 is 8.60 Å². The number of hydrogen-bond donors (Lipinski definition) is 3. The van der Waals surface area contributed by atoms with Crippen molar-refractivity contribution in [3.05, 3.63) is 68.3 Å². The summed E-state index contributed by atoms with van der Waals surface area (Å²) in [7, 11) is -2.23. The zero-order valence-electron chi connectivity index (χ0n) is 21.2. The highest BCUT2D eigenvalue weighted by Gasteiger charge is 2.29. The summed E-state index contributed by atoms with van der Waals surface area (Å²) in [6.07, 6.45) is 0. The molecule has 0 aliphatic heterocycles. The largest absolute Gasteiger partial charge is 0.530 e. The molecule has 0 saturated carbocycles. The van der Waals surface area contributed by atoms with Crippen LogP contribution in [0.1, 0.15) is 50.1 Å². The Bertz CT molecular complexity index is 1110. The molecule has 0 amide bonds. The van der Waals surface area contributed by atoms with Gasteiger partial charge >= 0.3 is 8.60 Å². The van der Waals surface area contributed by atoms with Gasteiger partial charge in [0.05, 0.1) is 0 Å². The molecular formula is C27H33O6P. The topological polar surface area (TPSA) is 88.4 Å². The fraction of sp³-hybridized carbons (Fsp3) is 0.333. The monoisotopic (exact) mass is 484 g/mol. The van der Waals surface area contributed by atoms with Crippen molar-refractivity contribution in [3.63, 3.8) is 0 Å². The molecule has 0 spiro atoms. The molecular weight excluding hydrogens is 451 g/mol. The van der Waals surface area contributed by atoms with Crippen molar-refractivity contribution in [2.24, 2.45) is 0 Å². The first kappa shape index (κ1) is 25.5. The second kappa shape index (κ2) is 9.63. The number of aromatic hydroxyl groups is 3. The van der Waals surface area contributed by atoms with Crippen LogP contribution in [0, 0.1) is 62.3 Å². The molecule has 6 nitrogen and oxygen atoms in total. The lowest BCUT2D eigenvalue weighted by Gasteiger charge is -2.24. The molecule has 3 aromatic rings. The minimum absolute atomic E-state index is 0.0395. The second-order valence-corrected chi connectivity index (χ2v) is 9.87. The highest BCUT2D eigenvalue weighted by atomic mass is 31.2. The van der Waals surface area contributed by atoms with Crippen LogP contribution in [0.25, 0.3) is 0 Å². The molecule has 0 atom stereocenters. The van der Waals surface area contributed by atoms with E-state index < -0.39 is 8.60 Å². The smallest absolute Gasteiger partial charge is 0.504 e. The molecule has 0 saturated heterocycles. The first-order chi connectivity index (χ1) is 15.8. The van der Waals surface area contributed by atoms with Crippen LogP contribution in [0.2, 0.25) is 0 Å². The number of aryl methyl sites for hydroxylation is 3. The highest BCUT2D eigenvalue weighted by Crippen LogP contribution is 2.52. The number of benzene rings is 3. The van der Waals surface area contributed by atoms with E-state index in [1.165, 1.54) is 0 Å². The number of hydrogen-bond acceptors (Lipinski definition) is 6. The zero-order valence-corrected chi connectivity index (χ0v) is 22.1. The van der Waals surface area contributed by atoms with E-state index in [2.05, 4.69) is 0 Å². The molecule has 0 aromatic heterocycles. The van der Waals surface area contributed by atoms with Gasteiger partial charge in [-0.2, -0.15) is 0 Å². The quantitative estimate of drug-likeness (QED) is 0.317. The van der Waals surface area contributed by atoms with Gasteiger partial charge in [-0.3, -0.25) is 0 Å². The maximum absolute atomic E-state index is 10.6. The lowest BCUT2D eigenvalue weighted by molar-refractivity contribution is 0.348. The first-order valence-electron chi connectivity index (χ1n) is 11.1. The minimum atomic E-state index is -2.23. The predicted molar refractivity (Wildman–Crippen MR) is 136 cm³/mol. The summed E-state index contributed by atoms with van der Waals surface area (Å²) in [5.74, 6) is 0.579. The van der Waals surface area contributed by atoms with Gasteiger partial charge in [-0.15, -0.1) is 0 Å². The average Bonchev–Trinajstić information content (AvgIpc) is 2.77. The summed E-state index contributed by atoms with van der Waals surface area (Å²) in [5.41, 5.74) is 7.95. The maximum atomic E-state index is 10.6. The minimum Gasteiger partial charge on any atom is -0.504 e. The lowest BCUT2D eigenvalue weighted by Crippen LogP contribution is -2.07. The van der Waals surface area contributed by atoms with Gasteiger partial charge in [0.1, 0.15) is 0 Å². The van der Waals surface area contributed by atoms with E-state index in [1.807, 2.05) is 62.3 Å². The van der Waals surface area contributed by atoms with E-state index in [1.54, 1.807) is 18.2 Å². The Balaban J connectivity index is 2.12. The molecule has 0 aliphatic rings. The standard InChI is InChI=1S/C27H33O6P/c1-13-10-22(28)25(19(7)16(13)4)31-34(32-26-20(8)17(5)14(2)11-23(26)29)33-27-21(9)18(6)15(3)12-24(27)30/h10-12,28-30H,1-9H3. The van der Waals surface area contributed by atoms with Gasteiger partial charge < -0.3 is 28.9 Å². The molecule has 3 aromatic carbocycles. The first-order valence-corrected chi connectivity index (χ1v) is 12.2. The molecule has 0 aliphatic carbocycles. The van der Waals surface area contributed by atoms with Crippen LogP contribution in [0.3, 0.4) is 0 Å². The van der Waals surface area contributed by atoms with Gasteiger partial charge in [0.25, 0.3) is 0 Å². The van der Waals surface area contributed by atoms with Crippen LogP contribution in [0.4, 0.5) is 0 Å². The molecule has 34 heavy (non-hydrogen) atoms. The molecule has 0 bridgehead atoms. The number of phenolic OH excluding ortho intramolecular Hbond substituents is 3. The summed E-state index contributed by atoms with van der Waals surface area (Å²) in [6.45, 7) is 17.1. The highest BCUT2D eigenvalue weighted by molar-refractivity contribution is 7.43. The van der Waals surface area contributed by atoms with Crippen molar-refractivity contribution in [1.29, 1.82) is 0 Å².